The Hall–Kier alpha value is -1.77. The summed E-state index contributed by atoms with van der Waals surface area (Å²) in [5.74, 6) is 0.588. The van der Waals surface area contributed by atoms with Crippen LogP contribution < -0.4 is 15.4 Å². The molecule has 9 heteroatoms. The van der Waals surface area contributed by atoms with E-state index in [1.807, 2.05) is 0 Å². The lowest BCUT2D eigenvalue weighted by Gasteiger charge is -2.21. The third-order valence-electron chi connectivity index (χ3n) is 4.37. The highest BCUT2D eigenvalue weighted by Crippen LogP contribution is 2.33. The van der Waals surface area contributed by atoms with Crippen LogP contribution in [0.3, 0.4) is 0 Å². The van der Waals surface area contributed by atoms with Crippen molar-refractivity contribution in [3.05, 3.63) is 29.6 Å². The van der Waals surface area contributed by atoms with E-state index in [1.54, 1.807) is 23.6 Å². The van der Waals surface area contributed by atoms with Crippen molar-refractivity contribution in [2.75, 3.05) is 18.4 Å². The van der Waals surface area contributed by atoms with Gasteiger partial charge in [0, 0.05) is 17.4 Å². The van der Waals surface area contributed by atoms with E-state index in [1.165, 1.54) is 17.4 Å². The fourth-order valence-electron chi connectivity index (χ4n) is 3.02. The molecule has 0 unspecified atom stereocenters. The summed E-state index contributed by atoms with van der Waals surface area (Å²) in [6.45, 7) is -0.867. The number of ether oxygens (including phenoxy) is 1. The van der Waals surface area contributed by atoms with Crippen molar-refractivity contribution in [1.29, 1.82) is 0 Å². The molecule has 3 rings (SSSR count). The van der Waals surface area contributed by atoms with E-state index in [9.17, 15) is 13.6 Å². The maximum absolute atomic E-state index is 12.5. The molecule has 1 fully saturated rings. The topological polar surface area (TPSA) is 63.2 Å². The first-order valence-electron chi connectivity index (χ1n) is 8.62. The number of alkyl halides is 2. The minimum atomic E-state index is -2.90. The molecule has 2 N–H and O–H groups in total. The number of rotatable bonds is 7. The van der Waals surface area contributed by atoms with Crippen LogP contribution in [0.5, 0.6) is 5.75 Å². The quantitative estimate of drug-likeness (QED) is 0.693. The van der Waals surface area contributed by atoms with Crippen LogP contribution in [0.4, 0.5) is 13.9 Å². The number of hydrogen-bond donors (Lipinski definition) is 2. The van der Waals surface area contributed by atoms with Crippen LogP contribution in [0, 0.1) is 5.92 Å². The molecule has 27 heavy (non-hydrogen) atoms. The molecule has 0 radical (unpaired) electrons. The lowest BCUT2D eigenvalue weighted by atomic mass is 9.93. The molecule has 0 atom stereocenters. The van der Waals surface area contributed by atoms with E-state index in [0.29, 0.717) is 28.7 Å². The molecule has 148 valence electrons. The summed E-state index contributed by atoms with van der Waals surface area (Å²) < 4.78 is 29.6. The first-order valence-corrected chi connectivity index (χ1v) is 9.50. The Kier molecular flexibility index (Phi) is 8.40. The third kappa shape index (κ3) is 6.41. The minimum Gasteiger partial charge on any atom is -0.434 e. The second-order valence-electron chi connectivity index (χ2n) is 6.19. The smallest absolute Gasteiger partial charge is 0.387 e. The van der Waals surface area contributed by atoms with Gasteiger partial charge in [0.1, 0.15) is 5.75 Å². The van der Waals surface area contributed by atoms with Crippen molar-refractivity contribution in [3.63, 3.8) is 0 Å². The van der Waals surface area contributed by atoms with Crippen LogP contribution in [0.2, 0.25) is 0 Å². The predicted molar refractivity (Wildman–Crippen MR) is 105 cm³/mol. The molecule has 1 saturated heterocycles. The molecule has 1 aliphatic heterocycles. The number of halogens is 3. The first kappa shape index (κ1) is 21.5. The van der Waals surface area contributed by atoms with E-state index in [0.717, 1.165) is 32.4 Å². The molecule has 1 aliphatic rings. The number of anilines is 1. The van der Waals surface area contributed by atoms with Crippen LogP contribution in [0.25, 0.3) is 11.3 Å². The SMILES string of the molecule is Cl.O=C(CCC1CCNCC1)Nc1nc(-c2ccccc2OC(F)F)cs1. The lowest BCUT2D eigenvalue weighted by Crippen LogP contribution is -2.28. The molecular formula is C18H22ClF2N3O2S. The Morgan fingerprint density at radius 1 is 1.33 bits per heavy atom. The number of aromatic nitrogens is 1. The second-order valence-corrected chi connectivity index (χ2v) is 7.05. The summed E-state index contributed by atoms with van der Waals surface area (Å²) in [5.41, 5.74) is 0.971. The van der Waals surface area contributed by atoms with Crippen molar-refractivity contribution in [1.82, 2.24) is 10.3 Å². The number of nitrogens with one attached hydrogen (secondary N) is 2. The summed E-state index contributed by atoms with van der Waals surface area (Å²) in [7, 11) is 0. The van der Waals surface area contributed by atoms with Gasteiger partial charge in [0.15, 0.2) is 5.13 Å². The van der Waals surface area contributed by atoms with E-state index >= 15 is 0 Å². The monoisotopic (exact) mass is 417 g/mol. The molecule has 2 aromatic rings. The average Bonchev–Trinajstić information content (AvgIpc) is 3.09. The van der Waals surface area contributed by atoms with Crippen LogP contribution in [-0.2, 0) is 4.79 Å². The zero-order valence-corrected chi connectivity index (χ0v) is 16.3. The largest absolute Gasteiger partial charge is 0.434 e. The van der Waals surface area contributed by atoms with Crippen LogP contribution >= 0.6 is 23.7 Å². The van der Waals surface area contributed by atoms with Crippen molar-refractivity contribution >= 4 is 34.8 Å². The third-order valence-corrected chi connectivity index (χ3v) is 5.13. The fraction of sp³-hybridized carbons (Fsp3) is 0.444. The summed E-state index contributed by atoms with van der Waals surface area (Å²) >= 11 is 1.27. The molecule has 1 aromatic heterocycles. The summed E-state index contributed by atoms with van der Waals surface area (Å²) in [5, 5.41) is 8.29. The van der Waals surface area contributed by atoms with Gasteiger partial charge in [-0.1, -0.05) is 12.1 Å². The Balaban J connectivity index is 0.00000261. The van der Waals surface area contributed by atoms with E-state index in [4.69, 9.17) is 0 Å². The number of hydrogen-bond acceptors (Lipinski definition) is 5. The number of amides is 1. The maximum Gasteiger partial charge on any atom is 0.387 e. The molecule has 1 aromatic carbocycles. The highest BCUT2D eigenvalue weighted by Gasteiger charge is 2.16. The Morgan fingerprint density at radius 2 is 2.07 bits per heavy atom. The predicted octanol–water partition coefficient (Wildman–Crippen LogP) is 4.55. The standard InChI is InChI=1S/C18H21F2N3O2S.ClH/c19-17(20)25-15-4-2-1-3-13(15)14-11-26-18(22-14)23-16(24)6-5-12-7-9-21-10-8-12;/h1-4,11-12,17,21H,5-10H2,(H,22,23,24);1H. The van der Waals surface area contributed by atoms with Gasteiger partial charge in [0.05, 0.1) is 5.69 Å². The number of benzene rings is 1. The normalized spacial score (nSPS) is 14.6. The van der Waals surface area contributed by atoms with Crippen molar-refractivity contribution in [2.45, 2.75) is 32.3 Å². The molecule has 2 heterocycles. The van der Waals surface area contributed by atoms with E-state index < -0.39 is 6.61 Å². The molecule has 5 nitrogen and oxygen atoms in total. The second kappa shape index (κ2) is 10.5. The molecule has 0 bridgehead atoms. The summed E-state index contributed by atoms with van der Waals surface area (Å²) in [6, 6.07) is 6.48. The molecule has 0 spiro atoms. The number of carbonyl (C=O) groups is 1. The van der Waals surface area contributed by atoms with Crippen molar-refractivity contribution in [3.8, 4) is 17.0 Å². The van der Waals surface area contributed by atoms with Gasteiger partial charge in [-0.15, -0.1) is 23.7 Å². The number of para-hydroxylation sites is 1. The van der Waals surface area contributed by atoms with Crippen LogP contribution in [0.15, 0.2) is 29.6 Å². The van der Waals surface area contributed by atoms with Gasteiger partial charge in [-0.3, -0.25) is 4.79 Å². The fourth-order valence-corrected chi connectivity index (χ4v) is 3.75. The number of piperidine rings is 1. The van der Waals surface area contributed by atoms with Gasteiger partial charge in [-0.2, -0.15) is 8.78 Å². The Morgan fingerprint density at radius 3 is 2.81 bits per heavy atom. The van der Waals surface area contributed by atoms with Crippen LogP contribution in [0.1, 0.15) is 25.7 Å². The van der Waals surface area contributed by atoms with E-state index in [-0.39, 0.29) is 24.1 Å². The molecule has 1 amide bonds. The highest BCUT2D eigenvalue weighted by molar-refractivity contribution is 7.14. The van der Waals surface area contributed by atoms with Gasteiger partial charge in [0.25, 0.3) is 0 Å². The van der Waals surface area contributed by atoms with Crippen molar-refractivity contribution < 1.29 is 18.3 Å². The lowest BCUT2D eigenvalue weighted by molar-refractivity contribution is -0.116. The average molecular weight is 418 g/mol. The zero-order valence-electron chi connectivity index (χ0n) is 14.6. The van der Waals surface area contributed by atoms with Gasteiger partial charge >= 0.3 is 6.61 Å². The molecular weight excluding hydrogens is 396 g/mol. The molecule has 0 saturated carbocycles. The van der Waals surface area contributed by atoms with Crippen molar-refractivity contribution in [2.24, 2.45) is 5.92 Å². The van der Waals surface area contributed by atoms with Gasteiger partial charge in [-0.05, 0) is 50.4 Å². The Bertz CT molecular complexity index is 739. The maximum atomic E-state index is 12.5. The minimum absolute atomic E-state index is 0. The van der Waals surface area contributed by atoms with Crippen LogP contribution in [-0.4, -0.2) is 30.6 Å². The van der Waals surface area contributed by atoms with Gasteiger partial charge in [-0.25, -0.2) is 4.98 Å². The number of thiazole rings is 1. The number of carbonyl (C=O) groups excluding carboxylic acids is 1. The highest BCUT2D eigenvalue weighted by atomic mass is 35.5. The van der Waals surface area contributed by atoms with E-state index in [2.05, 4.69) is 20.4 Å². The zero-order chi connectivity index (χ0) is 18.4. The summed E-state index contributed by atoms with van der Waals surface area (Å²) in [6.07, 6.45) is 3.55. The van der Waals surface area contributed by atoms with Gasteiger partial charge < -0.3 is 15.4 Å². The van der Waals surface area contributed by atoms with Gasteiger partial charge in [0.2, 0.25) is 5.91 Å². The first-order chi connectivity index (χ1) is 12.6. The molecule has 0 aliphatic carbocycles. The number of nitrogens with zero attached hydrogens (tertiary/aromatic N) is 1. The Labute approximate surface area is 166 Å². The summed E-state index contributed by atoms with van der Waals surface area (Å²) in [4.78, 5) is 16.5.